The van der Waals surface area contributed by atoms with Gasteiger partial charge in [0.2, 0.25) is 5.91 Å². The summed E-state index contributed by atoms with van der Waals surface area (Å²) in [6.07, 6.45) is 2.39. The summed E-state index contributed by atoms with van der Waals surface area (Å²) in [5.74, 6) is 0.537. The van der Waals surface area contributed by atoms with E-state index < -0.39 is 12.0 Å². The molecule has 2 amide bonds. The van der Waals surface area contributed by atoms with Crippen molar-refractivity contribution in [3.63, 3.8) is 0 Å². The van der Waals surface area contributed by atoms with Crippen molar-refractivity contribution in [2.45, 2.75) is 12.8 Å². The Morgan fingerprint density at radius 3 is 2.59 bits per heavy atom. The highest BCUT2D eigenvalue weighted by Gasteiger charge is 2.24. The van der Waals surface area contributed by atoms with Crippen LogP contribution in [0.4, 0.5) is 10.6 Å². The van der Waals surface area contributed by atoms with Crippen LogP contribution in [0.1, 0.15) is 12.8 Å². The average Bonchev–Trinajstić information content (AvgIpc) is 2.48. The molecule has 1 fully saturated rings. The highest BCUT2D eigenvalue weighted by Crippen LogP contribution is 2.23. The van der Waals surface area contributed by atoms with Crippen LogP contribution in [-0.4, -0.2) is 53.2 Å². The van der Waals surface area contributed by atoms with Gasteiger partial charge in [-0.1, -0.05) is 0 Å². The van der Waals surface area contributed by atoms with Crippen molar-refractivity contribution in [1.29, 1.82) is 0 Å². The second kappa shape index (κ2) is 7.44. The van der Waals surface area contributed by atoms with Crippen molar-refractivity contribution in [2.75, 3.05) is 31.1 Å². The van der Waals surface area contributed by atoms with Gasteiger partial charge in [-0.3, -0.25) is 9.69 Å². The Labute approximate surface area is 137 Å². The number of rotatable bonds is 5. The fourth-order valence-electron chi connectivity index (χ4n) is 2.61. The molecule has 1 aliphatic heterocycles. The zero-order chi connectivity index (χ0) is 16.1. The van der Waals surface area contributed by atoms with Gasteiger partial charge in [0.05, 0.1) is 0 Å². The Balaban J connectivity index is 1.87. The maximum Gasteiger partial charge on any atom is 0.407 e. The molecule has 0 aromatic carbocycles. The van der Waals surface area contributed by atoms with Crippen molar-refractivity contribution in [3.8, 4) is 0 Å². The van der Waals surface area contributed by atoms with Gasteiger partial charge in [0.15, 0.2) is 0 Å². The van der Waals surface area contributed by atoms with Gasteiger partial charge < -0.3 is 15.7 Å². The lowest BCUT2D eigenvalue weighted by atomic mass is 9.96. The van der Waals surface area contributed by atoms with E-state index in [9.17, 15) is 9.59 Å². The first-order valence-corrected chi connectivity index (χ1v) is 7.87. The van der Waals surface area contributed by atoms with Crippen LogP contribution in [0, 0.1) is 5.92 Å². The van der Waals surface area contributed by atoms with Crippen LogP contribution in [0.15, 0.2) is 22.8 Å². The normalized spacial score (nSPS) is 15.6. The van der Waals surface area contributed by atoms with Gasteiger partial charge in [0, 0.05) is 30.3 Å². The number of carbonyl (C=O) groups excluding carboxylic acids is 1. The first-order valence-electron chi connectivity index (χ1n) is 7.08. The monoisotopic (exact) mass is 370 g/mol. The third-order valence-electron chi connectivity index (χ3n) is 3.75. The number of halogens is 1. The standard InChI is InChI=1S/C14H19BrN4O3/c15-11-1-2-13(17-7-11)18-5-3-10(4-6-18)8-19(14(21)22)9-12(16)20/h1-2,7,10H,3-6,8-9H2,(H2,16,20)(H,21,22). The van der Waals surface area contributed by atoms with Gasteiger partial charge in [0.25, 0.3) is 0 Å². The lowest BCUT2D eigenvalue weighted by Crippen LogP contribution is -2.43. The summed E-state index contributed by atoms with van der Waals surface area (Å²) < 4.78 is 0.940. The molecule has 3 N–H and O–H groups in total. The quantitative estimate of drug-likeness (QED) is 0.818. The number of piperidine rings is 1. The van der Waals surface area contributed by atoms with Gasteiger partial charge in [-0.15, -0.1) is 0 Å². The molecule has 22 heavy (non-hydrogen) atoms. The summed E-state index contributed by atoms with van der Waals surface area (Å²) in [6.45, 7) is 1.75. The van der Waals surface area contributed by atoms with Crippen LogP contribution in [0.25, 0.3) is 0 Å². The van der Waals surface area contributed by atoms with Crippen LogP contribution in [0.2, 0.25) is 0 Å². The predicted octanol–water partition coefficient (Wildman–Crippen LogP) is 1.53. The molecule has 0 radical (unpaired) electrons. The summed E-state index contributed by atoms with van der Waals surface area (Å²) >= 11 is 3.36. The van der Waals surface area contributed by atoms with E-state index in [-0.39, 0.29) is 12.5 Å². The Bertz CT molecular complexity index is 529. The minimum absolute atomic E-state index is 0.238. The first kappa shape index (κ1) is 16.5. The third kappa shape index (κ3) is 4.59. The topological polar surface area (TPSA) is 99.8 Å². The number of hydrogen-bond donors (Lipinski definition) is 2. The number of primary amides is 1. The lowest BCUT2D eigenvalue weighted by Gasteiger charge is -2.34. The molecule has 2 heterocycles. The smallest absolute Gasteiger partial charge is 0.407 e. The molecule has 1 aromatic rings. The lowest BCUT2D eigenvalue weighted by molar-refractivity contribution is -0.119. The van der Waals surface area contributed by atoms with E-state index in [0.717, 1.165) is 41.1 Å². The van der Waals surface area contributed by atoms with Crippen LogP contribution in [0.3, 0.4) is 0 Å². The minimum Gasteiger partial charge on any atom is -0.465 e. The molecule has 0 atom stereocenters. The second-order valence-electron chi connectivity index (χ2n) is 5.39. The predicted molar refractivity (Wildman–Crippen MR) is 85.7 cm³/mol. The molecular weight excluding hydrogens is 352 g/mol. The van der Waals surface area contributed by atoms with Crippen LogP contribution >= 0.6 is 15.9 Å². The maximum absolute atomic E-state index is 11.1. The SMILES string of the molecule is NC(=O)CN(CC1CCN(c2ccc(Br)cn2)CC1)C(=O)O. The Morgan fingerprint density at radius 2 is 2.09 bits per heavy atom. The molecule has 1 aromatic heterocycles. The van der Waals surface area contributed by atoms with Gasteiger partial charge >= 0.3 is 6.09 Å². The molecule has 2 rings (SSSR count). The fourth-order valence-corrected chi connectivity index (χ4v) is 2.84. The molecule has 7 nitrogen and oxygen atoms in total. The van der Waals surface area contributed by atoms with Crippen LogP contribution in [-0.2, 0) is 4.79 Å². The molecule has 0 saturated carbocycles. The molecule has 0 spiro atoms. The molecule has 0 unspecified atom stereocenters. The highest BCUT2D eigenvalue weighted by atomic mass is 79.9. The van der Waals surface area contributed by atoms with Crippen molar-refractivity contribution in [2.24, 2.45) is 11.7 Å². The van der Waals surface area contributed by atoms with Crippen molar-refractivity contribution in [1.82, 2.24) is 9.88 Å². The van der Waals surface area contributed by atoms with E-state index in [1.807, 2.05) is 12.1 Å². The molecule has 0 bridgehead atoms. The molecule has 1 saturated heterocycles. The van der Waals surface area contributed by atoms with Gasteiger partial charge in [0.1, 0.15) is 12.4 Å². The van der Waals surface area contributed by atoms with Crippen molar-refractivity contribution in [3.05, 3.63) is 22.8 Å². The van der Waals surface area contributed by atoms with Crippen LogP contribution in [0.5, 0.6) is 0 Å². The van der Waals surface area contributed by atoms with E-state index in [2.05, 4.69) is 25.8 Å². The zero-order valence-electron chi connectivity index (χ0n) is 12.1. The number of amides is 2. The Hall–Kier alpha value is -1.83. The van der Waals surface area contributed by atoms with Gasteiger partial charge in [-0.25, -0.2) is 9.78 Å². The number of anilines is 1. The number of hydrogen-bond acceptors (Lipinski definition) is 4. The number of carbonyl (C=O) groups is 2. The fraction of sp³-hybridized carbons (Fsp3) is 0.500. The summed E-state index contributed by atoms with van der Waals surface area (Å²) in [5.41, 5.74) is 5.08. The number of carboxylic acid groups (broad SMARTS) is 1. The molecular formula is C14H19BrN4O3. The highest BCUT2D eigenvalue weighted by molar-refractivity contribution is 9.10. The summed E-state index contributed by atoms with van der Waals surface area (Å²) in [5, 5.41) is 9.10. The van der Waals surface area contributed by atoms with E-state index in [1.165, 1.54) is 0 Å². The van der Waals surface area contributed by atoms with Crippen LogP contribution < -0.4 is 10.6 Å². The van der Waals surface area contributed by atoms with Crippen molar-refractivity contribution >= 4 is 33.7 Å². The zero-order valence-corrected chi connectivity index (χ0v) is 13.7. The largest absolute Gasteiger partial charge is 0.465 e. The molecule has 8 heteroatoms. The molecule has 1 aliphatic rings. The van der Waals surface area contributed by atoms with Gasteiger partial charge in [-0.2, -0.15) is 0 Å². The number of nitrogens with two attached hydrogens (primary N) is 1. The van der Waals surface area contributed by atoms with E-state index in [0.29, 0.717) is 6.54 Å². The third-order valence-corrected chi connectivity index (χ3v) is 4.22. The van der Waals surface area contributed by atoms with E-state index in [4.69, 9.17) is 10.8 Å². The summed E-state index contributed by atoms with van der Waals surface area (Å²) in [4.78, 5) is 29.7. The molecule has 120 valence electrons. The van der Waals surface area contributed by atoms with Gasteiger partial charge in [-0.05, 0) is 46.8 Å². The number of pyridine rings is 1. The Kier molecular flexibility index (Phi) is 5.59. The maximum atomic E-state index is 11.1. The minimum atomic E-state index is -1.10. The molecule has 0 aliphatic carbocycles. The van der Waals surface area contributed by atoms with E-state index >= 15 is 0 Å². The second-order valence-corrected chi connectivity index (χ2v) is 6.31. The summed E-state index contributed by atoms with van der Waals surface area (Å²) in [7, 11) is 0. The number of nitrogens with zero attached hydrogens (tertiary/aromatic N) is 3. The Morgan fingerprint density at radius 1 is 1.41 bits per heavy atom. The first-order chi connectivity index (χ1) is 10.5. The number of aromatic nitrogens is 1. The summed E-state index contributed by atoms with van der Waals surface area (Å²) in [6, 6.07) is 3.91. The van der Waals surface area contributed by atoms with E-state index in [1.54, 1.807) is 6.20 Å². The average molecular weight is 371 g/mol. The van der Waals surface area contributed by atoms with Crippen molar-refractivity contribution < 1.29 is 14.7 Å².